The topological polar surface area (TPSA) is 59.1 Å². The van der Waals surface area contributed by atoms with Gasteiger partial charge in [0.15, 0.2) is 0 Å². The number of nitrogens with zero attached hydrogens (tertiary/aromatic N) is 3. The SMILES string of the molecule is CN1CCC(NC(=O)N2CCN(c3ccccc3O)CC2)CC1. The molecule has 6 nitrogen and oxygen atoms in total. The van der Waals surface area contributed by atoms with Crippen LogP contribution in [0.25, 0.3) is 0 Å². The van der Waals surface area contributed by atoms with Crippen LogP contribution in [-0.2, 0) is 0 Å². The molecule has 2 amide bonds. The van der Waals surface area contributed by atoms with Crippen molar-refractivity contribution in [3.8, 4) is 5.75 Å². The molecule has 126 valence electrons. The van der Waals surface area contributed by atoms with Crippen LogP contribution in [0, 0.1) is 0 Å². The fraction of sp³-hybridized carbons (Fsp3) is 0.588. The van der Waals surface area contributed by atoms with Gasteiger partial charge in [0.05, 0.1) is 5.69 Å². The van der Waals surface area contributed by atoms with E-state index in [0.717, 1.165) is 44.7 Å². The van der Waals surface area contributed by atoms with Crippen LogP contribution < -0.4 is 10.2 Å². The van der Waals surface area contributed by atoms with Gasteiger partial charge in [-0.25, -0.2) is 4.79 Å². The Morgan fingerprint density at radius 2 is 1.74 bits per heavy atom. The van der Waals surface area contributed by atoms with Gasteiger partial charge < -0.3 is 25.1 Å². The summed E-state index contributed by atoms with van der Waals surface area (Å²) in [6.07, 6.45) is 2.06. The number of amides is 2. The van der Waals surface area contributed by atoms with Gasteiger partial charge in [0.25, 0.3) is 0 Å². The number of carbonyl (C=O) groups is 1. The zero-order valence-electron chi connectivity index (χ0n) is 13.7. The molecule has 0 aliphatic carbocycles. The lowest BCUT2D eigenvalue weighted by molar-refractivity contribution is 0.178. The lowest BCUT2D eigenvalue weighted by atomic mass is 10.1. The predicted octanol–water partition coefficient (Wildman–Crippen LogP) is 1.32. The van der Waals surface area contributed by atoms with Crippen LogP contribution in [0.3, 0.4) is 0 Å². The number of likely N-dealkylation sites (tertiary alicyclic amines) is 1. The highest BCUT2D eigenvalue weighted by molar-refractivity contribution is 5.75. The van der Waals surface area contributed by atoms with Crippen molar-refractivity contribution < 1.29 is 9.90 Å². The van der Waals surface area contributed by atoms with Gasteiger partial charge in [-0.05, 0) is 45.1 Å². The molecule has 0 bridgehead atoms. The Bertz CT molecular complexity index is 535. The van der Waals surface area contributed by atoms with Gasteiger partial charge in [-0.2, -0.15) is 0 Å². The lowest BCUT2D eigenvalue weighted by Crippen LogP contribution is -2.54. The molecule has 0 aromatic heterocycles. The molecule has 2 aliphatic rings. The number of carbonyl (C=O) groups excluding carboxylic acids is 1. The summed E-state index contributed by atoms with van der Waals surface area (Å²) in [5, 5.41) is 13.1. The first-order chi connectivity index (χ1) is 11.1. The van der Waals surface area contributed by atoms with Crippen LogP contribution in [0.5, 0.6) is 5.75 Å². The summed E-state index contributed by atoms with van der Waals surface area (Å²) >= 11 is 0. The van der Waals surface area contributed by atoms with Crippen molar-refractivity contribution in [2.24, 2.45) is 0 Å². The van der Waals surface area contributed by atoms with Gasteiger partial charge in [0, 0.05) is 32.2 Å². The maximum absolute atomic E-state index is 12.4. The molecule has 0 atom stereocenters. The molecule has 2 fully saturated rings. The number of piperazine rings is 1. The minimum Gasteiger partial charge on any atom is -0.506 e. The zero-order chi connectivity index (χ0) is 16.2. The van der Waals surface area contributed by atoms with E-state index in [9.17, 15) is 9.90 Å². The fourth-order valence-electron chi connectivity index (χ4n) is 3.30. The minimum atomic E-state index is 0.0523. The smallest absolute Gasteiger partial charge is 0.317 e. The van der Waals surface area contributed by atoms with Crippen molar-refractivity contribution in [3.05, 3.63) is 24.3 Å². The summed E-state index contributed by atoms with van der Waals surface area (Å²) < 4.78 is 0. The third-order valence-corrected chi connectivity index (χ3v) is 4.84. The average Bonchev–Trinajstić information content (AvgIpc) is 2.57. The molecule has 2 heterocycles. The molecular weight excluding hydrogens is 292 g/mol. The Morgan fingerprint density at radius 3 is 2.39 bits per heavy atom. The van der Waals surface area contributed by atoms with E-state index in [4.69, 9.17) is 0 Å². The molecule has 0 unspecified atom stereocenters. The molecule has 2 N–H and O–H groups in total. The number of anilines is 1. The van der Waals surface area contributed by atoms with E-state index in [-0.39, 0.29) is 6.03 Å². The van der Waals surface area contributed by atoms with Crippen LogP contribution in [0.2, 0.25) is 0 Å². The van der Waals surface area contributed by atoms with E-state index in [1.165, 1.54) is 0 Å². The van der Waals surface area contributed by atoms with Gasteiger partial charge in [-0.1, -0.05) is 12.1 Å². The van der Waals surface area contributed by atoms with Crippen molar-refractivity contribution in [2.45, 2.75) is 18.9 Å². The number of aromatic hydroxyl groups is 1. The van der Waals surface area contributed by atoms with E-state index in [1.54, 1.807) is 6.07 Å². The van der Waals surface area contributed by atoms with Gasteiger partial charge in [0.1, 0.15) is 5.75 Å². The standard InChI is InChI=1S/C17H26N4O2/c1-19-8-6-14(7-9-19)18-17(23)21-12-10-20(11-13-21)15-4-2-3-5-16(15)22/h2-5,14,22H,6-13H2,1H3,(H,18,23). The second-order valence-electron chi connectivity index (χ2n) is 6.49. The number of phenolic OH excluding ortho intramolecular Hbond substituents is 1. The number of benzene rings is 1. The lowest BCUT2D eigenvalue weighted by Gasteiger charge is -2.37. The highest BCUT2D eigenvalue weighted by Crippen LogP contribution is 2.27. The van der Waals surface area contributed by atoms with Crippen molar-refractivity contribution in [1.82, 2.24) is 15.1 Å². The van der Waals surface area contributed by atoms with Crippen molar-refractivity contribution in [1.29, 1.82) is 0 Å². The maximum atomic E-state index is 12.4. The molecule has 1 aromatic rings. The van der Waals surface area contributed by atoms with Crippen molar-refractivity contribution >= 4 is 11.7 Å². The van der Waals surface area contributed by atoms with Crippen LogP contribution >= 0.6 is 0 Å². The van der Waals surface area contributed by atoms with Gasteiger partial charge >= 0.3 is 6.03 Å². The number of piperidine rings is 1. The normalized spacial score (nSPS) is 20.6. The van der Waals surface area contributed by atoms with E-state index in [1.807, 2.05) is 23.1 Å². The molecule has 6 heteroatoms. The van der Waals surface area contributed by atoms with Crippen molar-refractivity contribution in [3.63, 3.8) is 0 Å². The van der Waals surface area contributed by atoms with Crippen molar-refractivity contribution in [2.75, 3.05) is 51.2 Å². The highest BCUT2D eigenvalue weighted by Gasteiger charge is 2.25. The summed E-state index contributed by atoms with van der Waals surface area (Å²) in [7, 11) is 2.12. The minimum absolute atomic E-state index is 0.0523. The third kappa shape index (κ3) is 3.88. The number of nitrogens with one attached hydrogen (secondary N) is 1. The number of phenols is 1. The third-order valence-electron chi connectivity index (χ3n) is 4.84. The Hall–Kier alpha value is -1.95. The molecule has 23 heavy (non-hydrogen) atoms. The summed E-state index contributed by atoms with van der Waals surface area (Å²) in [5.74, 6) is 0.303. The Balaban J connectivity index is 1.49. The summed E-state index contributed by atoms with van der Waals surface area (Å²) in [6.45, 7) is 4.97. The molecule has 1 aromatic carbocycles. The molecule has 2 saturated heterocycles. The molecule has 0 spiro atoms. The summed E-state index contributed by atoms with van der Waals surface area (Å²) in [6, 6.07) is 7.72. The predicted molar refractivity (Wildman–Crippen MR) is 90.9 cm³/mol. The van der Waals surface area contributed by atoms with E-state index >= 15 is 0 Å². The second kappa shape index (κ2) is 7.08. The van der Waals surface area contributed by atoms with Gasteiger partial charge in [0.2, 0.25) is 0 Å². The largest absolute Gasteiger partial charge is 0.506 e. The van der Waals surface area contributed by atoms with Gasteiger partial charge in [-0.15, -0.1) is 0 Å². The molecule has 0 saturated carbocycles. The Morgan fingerprint density at radius 1 is 1.09 bits per heavy atom. The number of para-hydroxylation sites is 2. The molecule has 2 aliphatic heterocycles. The van der Waals surface area contributed by atoms with E-state index < -0.39 is 0 Å². The monoisotopic (exact) mass is 318 g/mol. The number of hydrogen-bond donors (Lipinski definition) is 2. The zero-order valence-corrected chi connectivity index (χ0v) is 13.7. The quantitative estimate of drug-likeness (QED) is 0.863. The van der Waals surface area contributed by atoms with Crippen LogP contribution in [0.15, 0.2) is 24.3 Å². The Kier molecular flexibility index (Phi) is 4.91. The average molecular weight is 318 g/mol. The highest BCUT2D eigenvalue weighted by atomic mass is 16.3. The van der Waals surface area contributed by atoms with Crippen LogP contribution in [-0.4, -0.2) is 73.3 Å². The summed E-state index contributed by atoms with van der Waals surface area (Å²) in [4.78, 5) is 18.7. The number of rotatable bonds is 2. The Labute approximate surface area is 137 Å². The van der Waals surface area contributed by atoms with Crippen LogP contribution in [0.1, 0.15) is 12.8 Å². The first-order valence-corrected chi connectivity index (χ1v) is 8.40. The molecule has 0 radical (unpaired) electrons. The first kappa shape index (κ1) is 15.9. The molecular formula is C17H26N4O2. The number of urea groups is 1. The summed E-state index contributed by atoms with van der Waals surface area (Å²) in [5.41, 5.74) is 0.850. The van der Waals surface area contributed by atoms with E-state index in [0.29, 0.717) is 24.9 Å². The fourth-order valence-corrected chi connectivity index (χ4v) is 3.30. The number of hydrogen-bond acceptors (Lipinski definition) is 4. The van der Waals surface area contributed by atoms with Crippen LogP contribution in [0.4, 0.5) is 10.5 Å². The first-order valence-electron chi connectivity index (χ1n) is 8.40. The van der Waals surface area contributed by atoms with Gasteiger partial charge in [-0.3, -0.25) is 0 Å². The second-order valence-corrected chi connectivity index (χ2v) is 6.49. The van der Waals surface area contributed by atoms with E-state index in [2.05, 4.69) is 22.2 Å². The molecule has 3 rings (SSSR count). The maximum Gasteiger partial charge on any atom is 0.317 e.